The first-order valence-electron chi connectivity index (χ1n) is 7.67. The number of thiocarbonyl (C=S) groups is 1. The Balaban J connectivity index is 1.99. The number of hydrogen-bond donors (Lipinski definition) is 3. The maximum Gasteiger partial charge on any atom is 0.257 e. The van der Waals surface area contributed by atoms with E-state index in [-0.39, 0.29) is 21.6 Å². The Kier molecular flexibility index (Phi) is 6.41. The fraction of sp³-hybridized carbons (Fsp3) is 0.176. The van der Waals surface area contributed by atoms with E-state index in [2.05, 4.69) is 15.4 Å². The summed E-state index contributed by atoms with van der Waals surface area (Å²) in [5, 5.41) is 5.28. The van der Waals surface area contributed by atoms with E-state index in [4.69, 9.17) is 12.2 Å². The molecule has 0 saturated carbocycles. The second kappa shape index (κ2) is 8.35. The Morgan fingerprint density at radius 3 is 2.15 bits per heavy atom. The summed E-state index contributed by atoms with van der Waals surface area (Å²) in [5.74, 6) is -0.924. The summed E-state index contributed by atoms with van der Waals surface area (Å²) in [6.45, 7) is 3.46. The molecular weight excluding hydrogens is 377 g/mol. The summed E-state index contributed by atoms with van der Waals surface area (Å²) < 4.78 is 39.5. The molecule has 0 saturated heterocycles. The molecule has 9 heteroatoms. The van der Waals surface area contributed by atoms with E-state index in [0.717, 1.165) is 0 Å². The van der Waals surface area contributed by atoms with Crippen molar-refractivity contribution in [1.82, 2.24) is 10.0 Å². The van der Waals surface area contributed by atoms with Gasteiger partial charge < -0.3 is 5.32 Å². The summed E-state index contributed by atoms with van der Waals surface area (Å²) >= 11 is 5.05. The van der Waals surface area contributed by atoms with Crippen molar-refractivity contribution in [3.8, 4) is 0 Å². The van der Waals surface area contributed by atoms with E-state index >= 15 is 0 Å². The predicted octanol–water partition coefficient (Wildman–Crippen LogP) is 2.64. The van der Waals surface area contributed by atoms with Crippen molar-refractivity contribution in [2.45, 2.75) is 24.8 Å². The van der Waals surface area contributed by atoms with Crippen molar-refractivity contribution in [1.29, 1.82) is 0 Å². The van der Waals surface area contributed by atoms with Gasteiger partial charge in [-0.2, -0.15) is 0 Å². The molecule has 0 unspecified atom stereocenters. The second-order valence-electron chi connectivity index (χ2n) is 5.72. The first-order chi connectivity index (χ1) is 12.2. The first kappa shape index (κ1) is 20.0. The molecule has 2 aromatic rings. The van der Waals surface area contributed by atoms with Gasteiger partial charge in [-0.15, -0.1) is 0 Å². The van der Waals surface area contributed by atoms with E-state index < -0.39 is 21.7 Å². The number of rotatable bonds is 5. The van der Waals surface area contributed by atoms with Crippen LogP contribution < -0.4 is 15.4 Å². The van der Waals surface area contributed by atoms with Crippen molar-refractivity contribution in [2.75, 3.05) is 5.32 Å². The molecule has 0 spiro atoms. The number of anilines is 1. The average molecular weight is 395 g/mol. The number of carbonyl (C=O) groups excluding carboxylic acids is 1. The van der Waals surface area contributed by atoms with Crippen LogP contribution in [0.1, 0.15) is 24.2 Å². The van der Waals surface area contributed by atoms with E-state index in [1.807, 2.05) is 0 Å². The molecule has 0 fully saturated rings. The summed E-state index contributed by atoms with van der Waals surface area (Å²) in [4.78, 5) is 12.1. The molecule has 0 bridgehead atoms. The zero-order valence-electron chi connectivity index (χ0n) is 14.1. The lowest BCUT2D eigenvalue weighted by atomic mass is 10.2. The van der Waals surface area contributed by atoms with Crippen LogP contribution in [-0.2, 0) is 10.0 Å². The average Bonchev–Trinajstić information content (AvgIpc) is 2.54. The van der Waals surface area contributed by atoms with Crippen molar-refractivity contribution < 1.29 is 17.6 Å². The number of carbonyl (C=O) groups is 1. The Bertz CT molecular complexity index is 896. The van der Waals surface area contributed by atoms with Gasteiger partial charge in [0, 0.05) is 17.3 Å². The maximum absolute atomic E-state index is 12.9. The third-order valence-electron chi connectivity index (χ3n) is 3.15. The molecular formula is C17H18FN3O3S2. The number of halogens is 1. The molecule has 0 aliphatic carbocycles. The molecule has 1 amide bonds. The van der Waals surface area contributed by atoms with Gasteiger partial charge in [-0.3, -0.25) is 10.1 Å². The highest BCUT2D eigenvalue weighted by Crippen LogP contribution is 2.14. The van der Waals surface area contributed by atoms with Crippen LogP contribution in [0.5, 0.6) is 0 Å². The summed E-state index contributed by atoms with van der Waals surface area (Å²) in [6, 6.07) is 10.7. The Morgan fingerprint density at radius 2 is 1.62 bits per heavy atom. The first-order valence-corrected chi connectivity index (χ1v) is 9.57. The van der Waals surface area contributed by atoms with Crippen molar-refractivity contribution >= 4 is 38.9 Å². The molecule has 26 heavy (non-hydrogen) atoms. The lowest BCUT2D eigenvalue weighted by Gasteiger charge is -2.12. The Morgan fingerprint density at radius 1 is 1.04 bits per heavy atom. The number of nitrogens with one attached hydrogen (secondary N) is 3. The van der Waals surface area contributed by atoms with Crippen LogP contribution in [0.3, 0.4) is 0 Å². The Labute approximate surface area is 156 Å². The quantitative estimate of drug-likeness (QED) is 0.678. The molecule has 138 valence electrons. The largest absolute Gasteiger partial charge is 0.332 e. The minimum atomic E-state index is -3.57. The number of sulfonamides is 1. The zero-order valence-corrected chi connectivity index (χ0v) is 15.7. The van der Waals surface area contributed by atoms with E-state index in [9.17, 15) is 17.6 Å². The standard InChI is InChI=1S/C17H18FN3O3S2/c1-11(2)21-26(23,24)15-9-7-14(8-10-15)19-17(25)20-16(22)12-3-5-13(18)6-4-12/h3-11,21H,1-2H3,(H2,19,20,22,25). The van der Waals surface area contributed by atoms with Crippen LogP contribution in [0.2, 0.25) is 0 Å². The third kappa shape index (κ3) is 5.58. The van der Waals surface area contributed by atoms with Crippen molar-refractivity contribution in [3.63, 3.8) is 0 Å². The summed E-state index contributed by atoms with van der Waals surface area (Å²) in [6.07, 6.45) is 0. The van der Waals surface area contributed by atoms with Gasteiger partial charge in [0.05, 0.1) is 4.90 Å². The lowest BCUT2D eigenvalue weighted by molar-refractivity contribution is 0.0977. The topological polar surface area (TPSA) is 87.3 Å². The summed E-state index contributed by atoms with van der Waals surface area (Å²) in [5.41, 5.74) is 0.773. The van der Waals surface area contributed by atoms with Gasteiger partial charge in [-0.1, -0.05) is 0 Å². The van der Waals surface area contributed by atoms with Crippen LogP contribution in [0.15, 0.2) is 53.4 Å². The molecule has 2 aromatic carbocycles. The smallest absolute Gasteiger partial charge is 0.257 e. The van der Waals surface area contributed by atoms with E-state index in [0.29, 0.717) is 5.69 Å². The molecule has 3 N–H and O–H groups in total. The van der Waals surface area contributed by atoms with Crippen LogP contribution >= 0.6 is 12.2 Å². The fourth-order valence-electron chi connectivity index (χ4n) is 2.03. The predicted molar refractivity (Wildman–Crippen MR) is 102 cm³/mol. The molecule has 0 radical (unpaired) electrons. The molecule has 0 aromatic heterocycles. The molecule has 0 aliphatic heterocycles. The minimum Gasteiger partial charge on any atom is -0.332 e. The molecule has 0 heterocycles. The number of hydrogen-bond acceptors (Lipinski definition) is 4. The molecule has 2 rings (SSSR count). The molecule has 0 aliphatic rings. The van der Waals surface area contributed by atoms with Gasteiger partial charge in [-0.05, 0) is 74.6 Å². The maximum atomic E-state index is 12.9. The van der Waals surface area contributed by atoms with Crippen molar-refractivity contribution in [3.05, 3.63) is 59.9 Å². The normalized spacial score (nSPS) is 11.2. The second-order valence-corrected chi connectivity index (χ2v) is 7.84. The summed E-state index contributed by atoms with van der Waals surface area (Å²) in [7, 11) is -3.57. The van der Waals surface area contributed by atoms with Crippen LogP contribution in [0.25, 0.3) is 0 Å². The third-order valence-corrected chi connectivity index (χ3v) is 5.03. The van der Waals surface area contributed by atoms with Crippen LogP contribution in [0.4, 0.5) is 10.1 Å². The van der Waals surface area contributed by atoms with E-state index in [1.54, 1.807) is 13.8 Å². The Hall–Kier alpha value is -2.36. The SMILES string of the molecule is CC(C)NS(=O)(=O)c1ccc(NC(=S)NC(=O)c2ccc(F)cc2)cc1. The monoisotopic (exact) mass is 395 g/mol. The highest BCUT2D eigenvalue weighted by Gasteiger charge is 2.15. The van der Waals surface area contributed by atoms with Crippen LogP contribution in [-0.4, -0.2) is 25.5 Å². The molecule has 0 atom stereocenters. The van der Waals surface area contributed by atoms with Gasteiger partial charge in [0.25, 0.3) is 5.91 Å². The van der Waals surface area contributed by atoms with Gasteiger partial charge in [0.2, 0.25) is 10.0 Å². The van der Waals surface area contributed by atoms with Gasteiger partial charge in [-0.25, -0.2) is 17.5 Å². The van der Waals surface area contributed by atoms with E-state index in [1.165, 1.54) is 48.5 Å². The highest BCUT2D eigenvalue weighted by atomic mass is 32.2. The minimum absolute atomic E-state index is 0.0373. The number of amides is 1. The fourth-order valence-corrected chi connectivity index (χ4v) is 3.50. The van der Waals surface area contributed by atoms with Crippen molar-refractivity contribution in [2.24, 2.45) is 0 Å². The zero-order chi connectivity index (χ0) is 19.3. The lowest BCUT2D eigenvalue weighted by Crippen LogP contribution is -2.34. The number of benzene rings is 2. The highest BCUT2D eigenvalue weighted by molar-refractivity contribution is 7.89. The van der Waals surface area contributed by atoms with Gasteiger partial charge in [0.1, 0.15) is 5.82 Å². The van der Waals surface area contributed by atoms with Crippen LogP contribution in [0, 0.1) is 5.82 Å². The molecule has 6 nitrogen and oxygen atoms in total. The van der Waals surface area contributed by atoms with Gasteiger partial charge in [0.15, 0.2) is 5.11 Å². The van der Waals surface area contributed by atoms with Gasteiger partial charge >= 0.3 is 0 Å².